The van der Waals surface area contributed by atoms with E-state index in [1.807, 2.05) is 0 Å². The van der Waals surface area contributed by atoms with E-state index in [1.165, 1.54) is 19.2 Å². The molecule has 0 aliphatic heterocycles. The molecule has 0 aliphatic carbocycles. The summed E-state index contributed by atoms with van der Waals surface area (Å²) in [4.78, 5) is 0. The summed E-state index contributed by atoms with van der Waals surface area (Å²) < 4.78 is 18.2. The molecule has 1 atom stereocenters. The van der Waals surface area contributed by atoms with Gasteiger partial charge in [0.15, 0.2) is 0 Å². The number of rotatable bonds is 6. The van der Waals surface area contributed by atoms with Crippen molar-refractivity contribution in [1.82, 2.24) is 0 Å². The first kappa shape index (κ1) is 14.3. The average molecular weight is 258 g/mol. The zero-order chi connectivity index (χ0) is 12.8. The molecule has 4 heteroatoms. The number of aliphatic hydroxyl groups excluding tert-OH is 1. The molecule has 1 rings (SSSR count). The van der Waals surface area contributed by atoms with Crippen molar-refractivity contribution in [2.45, 2.75) is 20.0 Å². The van der Waals surface area contributed by atoms with Crippen LogP contribution in [0.4, 0.5) is 4.39 Å². The van der Waals surface area contributed by atoms with E-state index < -0.39 is 6.10 Å². The van der Waals surface area contributed by atoms with Gasteiger partial charge in [-0.1, -0.05) is 13.8 Å². The molecule has 1 aromatic rings. The third kappa shape index (κ3) is 4.56. The van der Waals surface area contributed by atoms with Crippen LogP contribution in [-0.2, 0) is 0 Å². The summed E-state index contributed by atoms with van der Waals surface area (Å²) in [6.07, 6.45) is -0.690. The normalized spacial score (nSPS) is 12.8. The fraction of sp³-hybridized carbons (Fsp3) is 0.538. The maximum Gasteiger partial charge on any atom is 0.124 e. The van der Waals surface area contributed by atoms with E-state index in [0.717, 1.165) is 5.75 Å². The van der Waals surface area contributed by atoms with E-state index in [2.05, 4.69) is 13.8 Å². The summed E-state index contributed by atoms with van der Waals surface area (Å²) in [6.45, 7) is 4.25. The lowest BCUT2D eigenvalue weighted by Gasteiger charge is -2.15. The van der Waals surface area contributed by atoms with Crippen LogP contribution in [-0.4, -0.2) is 23.7 Å². The molecule has 0 radical (unpaired) electrons. The standard InChI is InChI=1S/C13H19FO2S/c1-9(2)7-17-8-12(15)11-6-10(14)4-5-13(11)16-3/h4-6,9,12,15H,7-8H2,1-3H3. The van der Waals surface area contributed by atoms with Crippen LogP contribution in [0.5, 0.6) is 5.75 Å². The van der Waals surface area contributed by atoms with Crippen molar-refractivity contribution in [2.24, 2.45) is 5.92 Å². The first-order chi connectivity index (χ1) is 8.04. The summed E-state index contributed by atoms with van der Waals surface area (Å²) in [5, 5.41) is 10.0. The van der Waals surface area contributed by atoms with Crippen LogP contribution in [0.2, 0.25) is 0 Å². The Kier molecular flexibility index (Phi) is 5.78. The van der Waals surface area contributed by atoms with E-state index in [4.69, 9.17) is 4.74 Å². The molecule has 1 unspecified atom stereocenters. The molecule has 17 heavy (non-hydrogen) atoms. The first-order valence-corrected chi connectivity index (χ1v) is 6.79. The van der Waals surface area contributed by atoms with Gasteiger partial charge in [-0.15, -0.1) is 0 Å². The molecule has 0 aliphatic rings. The van der Waals surface area contributed by atoms with E-state index in [-0.39, 0.29) is 5.82 Å². The lowest BCUT2D eigenvalue weighted by Crippen LogP contribution is -2.05. The van der Waals surface area contributed by atoms with Crippen LogP contribution in [0.15, 0.2) is 18.2 Å². The highest BCUT2D eigenvalue weighted by molar-refractivity contribution is 7.99. The van der Waals surface area contributed by atoms with Crippen molar-refractivity contribution in [3.05, 3.63) is 29.6 Å². The van der Waals surface area contributed by atoms with Crippen LogP contribution in [0.1, 0.15) is 25.5 Å². The quantitative estimate of drug-likeness (QED) is 0.849. The van der Waals surface area contributed by atoms with Crippen molar-refractivity contribution in [2.75, 3.05) is 18.6 Å². The molecule has 1 aromatic carbocycles. The van der Waals surface area contributed by atoms with Crippen LogP contribution >= 0.6 is 11.8 Å². The van der Waals surface area contributed by atoms with E-state index in [1.54, 1.807) is 17.8 Å². The largest absolute Gasteiger partial charge is 0.496 e. The average Bonchev–Trinajstić information content (AvgIpc) is 2.28. The van der Waals surface area contributed by atoms with Crippen LogP contribution < -0.4 is 4.74 Å². The van der Waals surface area contributed by atoms with Crippen molar-refractivity contribution < 1.29 is 14.2 Å². The van der Waals surface area contributed by atoms with E-state index in [0.29, 0.717) is 23.0 Å². The molecule has 0 aromatic heterocycles. The molecule has 0 heterocycles. The van der Waals surface area contributed by atoms with Gasteiger partial charge in [0.25, 0.3) is 0 Å². The maximum absolute atomic E-state index is 13.1. The van der Waals surface area contributed by atoms with Crippen molar-refractivity contribution in [3.63, 3.8) is 0 Å². The van der Waals surface area contributed by atoms with Gasteiger partial charge in [-0.25, -0.2) is 4.39 Å². The predicted octanol–water partition coefficient (Wildman–Crippen LogP) is 3.26. The Labute approximate surface area is 106 Å². The second kappa shape index (κ2) is 6.87. The van der Waals surface area contributed by atoms with Gasteiger partial charge in [0.05, 0.1) is 13.2 Å². The van der Waals surface area contributed by atoms with E-state index in [9.17, 15) is 9.50 Å². The number of hydrogen-bond acceptors (Lipinski definition) is 3. The number of thioether (sulfide) groups is 1. The third-order valence-corrected chi connectivity index (χ3v) is 3.73. The molecule has 2 nitrogen and oxygen atoms in total. The Morgan fingerprint density at radius 2 is 2.06 bits per heavy atom. The van der Waals surface area contributed by atoms with Crippen molar-refractivity contribution in [1.29, 1.82) is 0 Å². The van der Waals surface area contributed by atoms with Crippen LogP contribution in [0, 0.1) is 11.7 Å². The van der Waals surface area contributed by atoms with Gasteiger partial charge >= 0.3 is 0 Å². The summed E-state index contributed by atoms with van der Waals surface area (Å²) in [5.41, 5.74) is 0.517. The highest BCUT2D eigenvalue weighted by atomic mass is 32.2. The predicted molar refractivity (Wildman–Crippen MR) is 70.1 cm³/mol. The molecular weight excluding hydrogens is 239 g/mol. The fourth-order valence-corrected chi connectivity index (χ4v) is 2.48. The number of methoxy groups -OCH3 is 1. The molecule has 0 fully saturated rings. The summed E-state index contributed by atoms with van der Waals surface area (Å²) in [5.74, 6) is 2.30. The topological polar surface area (TPSA) is 29.5 Å². The lowest BCUT2D eigenvalue weighted by molar-refractivity contribution is 0.198. The van der Waals surface area contributed by atoms with Gasteiger partial charge in [-0.05, 0) is 29.9 Å². The second-order valence-corrected chi connectivity index (χ2v) is 5.41. The minimum absolute atomic E-state index is 0.353. The minimum atomic E-state index is -0.690. The molecule has 0 saturated heterocycles. The molecular formula is C13H19FO2S. The Balaban J connectivity index is 2.66. The van der Waals surface area contributed by atoms with Crippen LogP contribution in [0.3, 0.4) is 0 Å². The monoisotopic (exact) mass is 258 g/mol. The van der Waals surface area contributed by atoms with Gasteiger partial charge in [0.2, 0.25) is 0 Å². The van der Waals surface area contributed by atoms with Gasteiger partial charge in [-0.3, -0.25) is 0 Å². The number of halogens is 1. The SMILES string of the molecule is COc1ccc(F)cc1C(O)CSCC(C)C. The molecule has 0 spiro atoms. The number of benzene rings is 1. The number of aliphatic hydroxyl groups is 1. The van der Waals surface area contributed by atoms with Gasteiger partial charge in [-0.2, -0.15) is 11.8 Å². The highest BCUT2D eigenvalue weighted by Crippen LogP contribution is 2.28. The van der Waals surface area contributed by atoms with Gasteiger partial charge < -0.3 is 9.84 Å². The molecule has 96 valence electrons. The Morgan fingerprint density at radius 1 is 1.35 bits per heavy atom. The Bertz CT molecular complexity index is 355. The summed E-state index contributed by atoms with van der Waals surface area (Å²) in [7, 11) is 1.52. The summed E-state index contributed by atoms with van der Waals surface area (Å²) >= 11 is 1.66. The lowest BCUT2D eigenvalue weighted by atomic mass is 10.1. The third-order valence-electron chi connectivity index (χ3n) is 2.28. The Morgan fingerprint density at radius 3 is 2.65 bits per heavy atom. The zero-order valence-corrected chi connectivity index (χ0v) is 11.3. The molecule has 0 bridgehead atoms. The molecule has 0 saturated carbocycles. The maximum atomic E-state index is 13.1. The smallest absolute Gasteiger partial charge is 0.124 e. The minimum Gasteiger partial charge on any atom is -0.496 e. The second-order valence-electron chi connectivity index (χ2n) is 4.33. The first-order valence-electron chi connectivity index (χ1n) is 5.63. The van der Waals surface area contributed by atoms with E-state index >= 15 is 0 Å². The Hall–Kier alpha value is -0.740. The molecule has 0 amide bonds. The van der Waals surface area contributed by atoms with Gasteiger partial charge in [0, 0.05) is 11.3 Å². The zero-order valence-electron chi connectivity index (χ0n) is 10.4. The van der Waals surface area contributed by atoms with Gasteiger partial charge in [0.1, 0.15) is 11.6 Å². The fourth-order valence-electron chi connectivity index (χ4n) is 1.47. The highest BCUT2D eigenvalue weighted by Gasteiger charge is 2.14. The van der Waals surface area contributed by atoms with Crippen LogP contribution in [0.25, 0.3) is 0 Å². The van der Waals surface area contributed by atoms with Crippen molar-refractivity contribution >= 4 is 11.8 Å². The number of hydrogen-bond donors (Lipinski definition) is 1. The molecule has 1 N–H and O–H groups in total. The van der Waals surface area contributed by atoms with Crippen molar-refractivity contribution in [3.8, 4) is 5.75 Å². The number of ether oxygens (including phenoxy) is 1. The summed E-state index contributed by atoms with van der Waals surface area (Å²) in [6, 6.07) is 4.21.